The fourth-order valence-corrected chi connectivity index (χ4v) is 3.98. The zero-order valence-corrected chi connectivity index (χ0v) is 19.7. The predicted molar refractivity (Wildman–Crippen MR) is 141 cm³/mol. The maximum atomic E-state index is 12.6. The lowest BCUT2D eigenvalue weighted by atomic mass is 10.1. The van der Waals surface area contributed by atoms with E-state index in [0.29, 0.717) is 39.8 Å². The fourth-order valence-electron chi connectivity index (χ4n) is 3.98. The molecule has 36 heavy (non-hydrogen) atoms. The monoisotopic (exact) mass is 474 g/mol. The highest BCUT2D eigenvalue weighted by Gasteiger charge is 2.12. The molecule has 1 aromatic heterocycles. The normalized spacial score (nSPS) is 10.6. The average molecular weight is 475 g/mol. The summed E-state index contributed by atoms with van der Waals surface area (Å²) in [5.41, 5.74) is 2.59. The second-order valence-corrected chi connectivity index (χ2v) is 8.04. The number of carbonyl (C=O) groups excluding carboxylic acids is 1. The van der Waals surface area contributed by atoms with E-state index in [4.69, 9.17) is 20.6 Å². The number of terminal acetylenes is 1. The van der Waals surface area contributed by atoms with Crippen molar-refractivity contribution in [2.24, 2.45) is 0 Å². The van der Waals surface area contributed by atoms with E-state index in [1.807, 2.05) is 54.6 Å². The number of carbonyl (C=O) groups is 1. The first kappa shape index (κ1) is 22.8. The molecule has 1 amide bonds. The van der Waals surface area contributed by atoms with Crippen LogP contribution in [0, 0.1) is 12.3 Å². The summed E-state index contributed by atoms with van der Waals surface area (Å²) in [6, 6.07) is 24.0. The summed E-state index contributed by atoms with van der Waals surface area (Å²) in [6.45, 7) is 0. The predicted octanol–water partition coefficient (Wildman–Crippen LogP) is 6.43. The molecule has 0 spiro atoms. The molecule has 0 aliphatic rings. The van der Waals surface area contributed by atoms with E-state index in [9.17, 15) is 4.79 Å². The number of hydrogen-bond acceptors (Lipinski definition) is 5. The lowest BCUT2D eigenvalue weighted by Crippen LogP contribution is -2.11. The van der Waals surface area contributed by atoms with E-state index in [2.05, 4.69) is 16.2 Å². The maximum Gasteiger partial charge on any atom is 0.255 e. The average Bonchev–Trinajstić information content (AvgIpc) is 2.92. The van der Waals surface area contributed by atoms with Gasteiger partial charge >= 0.3 is 0 Å². The lowest BCUT2D eigenvalue weighted by Gasteiger charge is -2.13. The number of aromatic nitrogens is 1. The van der Waals surface area contributed by atoms with Gasteiger partial charge in [0.1, 0.15) is 11.5 Å². The van der Waals surface area contributed by atoms with Crippen molar-refractivity contribution in [2.75, 3.05) is 19.5 Å². The number of nitrogens with zero attached hydrogens (tertiary/aromatic N) is 1. The van der Waals surface area contributed by atoms with Gasteiger partial charge in [-0.05, 0) is 65.4 Å². The van der Waals surface area contributed by atoms with Crippen LogP contribution in [0.5, 0.6) is 23.0 Å². The van der Waals surface area contributed by atoms with Crippen LogP contribution < -0.4 is 19.5 Å². The van der Waals surface area contributed by atoms with Crippen molar-refractivity contribution in [1.29, 1.82) is 0 Å². The molecule has 0 saturated carbocycles. The van der Waals surface area contributed by atoms with Gasteiger partial charge in [-0.1, -0.05) is 24.1 Å². The molecule has 0 radical (unpaired) electrons. The van der Waals surface area contributed by atoms with E-state index in [1.54, 1.807) is 44.7 Å². The Morgan fingerprint density at radius 2 is 1.64 bits per heavy atom. The summed E-state index contributed by atoms with van der Waals surface area (Å²) in [4.78, 5) is 17.1. The summed E-state index contributed by atoms with van der Waals surface area (Å²) in [5, 5.41) is 5.67. The van der Waals surface area contributed by atoms with Crippen LogP contribution in [-0.2, 0) is 0 Å². The highest BCUT2D eigenvalue weighted by Crippen LogP contribution is 2.37. The Hall–Kier alpha value is -5.02. The van der Waals surface area contributed by atoms with E-state index >= 15 is 0 Å². The van der Waals surface area contributed by atoms with Crippen LogP contribution in [0.15, 0.2) is 85.1 Å². The minimum atomic E-state index is -0.219. The van der Waals surface area contributed by atoms with Crippen LogP contribution >= 0.6 is 0 Å². The molecule has 6 nitrogen and oxygen atoms in total. The molecular formula is C30H22N2O4. The van der Waals surface area contributed by atoms with Crippen LogP contribution in [0.25, 0.3) is 21.7 Å². The van der Waals surface area contributed by atoms with E-state index < -0.39 is 0 Å². The Balaban J connectivity index is 1.40. The Morgan fingerprint density at radius 3 is 2.44 bits per heavy atom. The number of fused-ring (bicyclic) bond motifs is 2. The minimum Gasteiger partial charge on any atom is -0.493 e. The molecule has 1 heterocycles. The summed E-state index contributed by atoms with van der Waals surface area (Å²) < 4.78 is 17.0. The van der Waals surface area contributed by atoms with Crippen molar-refractivity contribution in [2.45, 2.75) is 0 Å². The number of nitrogens with one attached hydrogen (secondary N) is 1. The quantitative estimate of drug-likeness (QED) is 0.287. The van der Waals surface area contributed by atoms with Gasteiger partial charge in [0, 0.05) is 34.5 Å². The van der Waals surface area contributed by atoms with Crippen LogP contribution in [0.3, 0.4) is 0 Å². The van der Waals surface area contributed by atoms with Gasteiger partial charge in [0.25, 0.3) is 5.91 Å². The maximum absolute atomic E-state index is 12.6. The SMILES string of the molecule is C#Cc1cccc(C(=O)Nc2ccc3cc(Oc4ccnc5cc(OC)c(OC)cc45)ccc3c2)c1. The standard InChI is InChI=1S/C30H22N2O4/c1-4-19-6-5-7-22(14-19)30(33)32-23-10-8-21-16-24(11-9-20(21)15-23)36-27-12-13-31-26-18-29(35-3)28(34-2)17-25(26)27/h1,5-18H,2-3H3,(H,32,33). The van der Waals surface area contributed by atoms with Gasteiger partial charge in [-0.25, -0.2) is 0 Å². The minimum absolute atomic E-state index is 0.219. The Kier molecular flexibility index (Phi) is 6.12. The van der Waals surface area contributed by atoms with E-state index in [1.165, 1.54) is 0 Å². The Labute approximate surface area is 208 Å². The lowest BCUT2D eigenvalue weighted by molar-refractivity contribution is 0.102. The third kappa shape index (κ3) is 4.50. The zero-order chi connectivity index (χ0) is 25.1. The van der Waals surface area contributed by atoms with Gasteiger partial charge in [0.15, 0.2) is 11.5 Å². The number of hydrogen-bond donors (Lipinski definition) is 1. The van der Waals surface area contributed by atoms with Crippen LogP contribution in [0.4, 0.5) is 5.69 Å². The summed E-state index contributed by atoms with van der Waals surface area (Å²) in [5.74, 6) is 4.85. The molecule has 4 aromatic carbocycles. The van der Waals surface area contributed by atoms with Crippen LogP contribution in [0.1, 0.15) is 15.9 Å². The molecule has 0 saturated heterocycles. The Bertz CT molecular complexity index is 1650. The molecule has 176 valence electrons. The van der Waals surface area contributed by atoms with E-state index in [-0.39, 0.29) is 5.91 Å². The highest BCUT2D eigenvalue weighted by molar-refractivity contribution is 6.05. The molecule has 0 fully saturated rings. The van der Waals surface area contributed by atoms with Crippen molar-refractivity contribution >= 4 is 33.3 Å². The number of pyridine rings is 1. The van der Waals surface area contributed by atoms with Gasteiger partial charge in [-0.15, -0.1) is 6.42 Å². The van der Waals surface area contributed by atoms with Gasteiger partial charge in [0.05, 0.1) is 19.7 Å². The number of anilines is 1. The molecule has 0 unspecified atom stereocenters. The number of methoxy groups -OCH3 is 2. The number of amides is 1. The first-order valence-electron chi connectivity index (χ1n) is 11.2. The zero-order valence-electron chi connectivity index (χ0n) is 19.7. The van der Waals surface area contributed by atoms with Crippen molar-refractivity contribution in [3.63, 3.8) is 0 Å². The molecule has 6 heteroatoms. The number of benzene rings is 4. The largest absolute Gasteiger partial charge is 0.493 e. The molecule has 0 bridgehead atoms. The number of rotatable bonds is 6. The third-order valence-corrected chi connectivity index (χ3v) is 5.80. The summed E-state index contributed by atoms with van der Waals surface area (Å²) in [6.07, 6.45) is 7.13. The smallest absolute Gasteiger partial charge is 0.255 e. The fraction of sp³-hybridized carbons (Fsp3) is 0.0667. The van der Waals surface area contributed by atoms with Crippen LogP contribution in [-0.4, -0.2) is 25.1 Å². The number of ether oxygens (including phenoxy) is 3. The van der Waals surface area contributed by atoms with Crippen molar-refractivity contribution in [3.8, 4) is 35.3 Å². The van der Waals surface area contributed by atoms with Crippen molar-refractivity contribution < 1.29 is 19.0 Å². The van der Waals surface area contributed by atoms with Gasteiger partial charge < -0.3 is 19.5 Å². The molecule has 5 aromatic rings. The van der Waals surface area contributed by atoms with Crippen molar-refractivity contribution in [3.05, 3.63) is 96.2 Å². The molecule has 0 aliphatic carbocycles. The molecule has 1 N–H and O–H groups in total. The first-order chi connectivity index (χ1) is 17.6. The molecular weight excluding hydrogens is 452 g/mol. The topological polar surface area (TPSA) is 69.7 Å². The van der Waals surface area contributed by atoms with Gasteiger partial charge in [0.2, 0.25) is 0 Å². The summed E-state index contributed by atoms with van der Waals surface area (Å²) >= 11 is 0. The van der Waals surface area contributed by atoms with Crippen LogP contribution in [0.2, 0.25) is 0 Å². The van der Waals surface area contributed by atoms with Crippen molar-refractivity contribution in [1.82, 2.24) is 4.98 Å². The highest BCUT2D eigenvalue weighted by atomic mass is 16.5. The van der Waals surface area contributed by atoms with Gasteiger partial charge in [-0.3, -0.25) is 9.78 Å². The third-order valence-electron chi connectivity index (χ3n) is 5.80. The molecule has 0 atom stereocenters. The Morgan fingerprint density at radius 1 is 0.861 bits per heavy atom. The molecule has 5 rings (SSSR count). The first-order valence-corrected chi connectivity index (χ1v) is 11.2. The van der Waals surface area contributed by atoms with E-state index in [0.717, 1.165) is 21.7 Å². The second kappa shape index (κ2) is 9.69. The molecule has 0 aliphatic heterocycles. The summed E-state index contributed by atoms with van der Waals surface area (Å²) in [7, 11) is 3.18. The van der Waals surface area contributed by atoms with Gasteiger partial charge in [-0.2, -0.15) is 0 Å². The second-order valence-electron chi connectivity index (χ2n) is 8.04.